The molecule has 2 aromatic heterocycles. The molecule has 7 nitrogen and oxygen atoms in total. The van der Waals surface area contributed by atoms with Gasteiger partial charge >= 0.3 is 6.18 Å². The molecule has 7 rings (SSSR count). The minimum absolute atomic E-state index is 0.139. The third kappa shape index (κ3) is 4.83. The highest BCUT2D eigenvalue weighted by atomic mass is 19.4. The Morgan fingerprint density at radius 3 is 2.66 bits per heavy atom. The molecule has 0 N–H and O–H groups in total. The van der Waals surface area contributed by atoms with E-state index in [1.54, 1.807) is 0 Å². The lowest BCUT2D eigenvalue weighted by atomic mass is 9.78. The number of amides is 1. The first-order valence-electron chi connectivity index (χ1n) is 14.8. The lowest BCUT2D eigenvalue weighted by Gasteiger charge is -2.38. The van der Waals surface area contributed by atoms with Gasteiger partial charge in [-0.25, -0.2) is 0 Å². The van der Waals surface area contributed by atoms with Crippen LogP contribution in [0.1, 0.15) is 73.6 Å². The molecule has 1 aromatic carbocycles. The number of hydrogen-bond donors (Lipinski definition) is 0. The molecule has 3 atom stereocenters. The monoisotopic (exact) mass is 565 g/mol. The van der Waals surface area contributed by atoms with E-state index in [0.29, 0.717) is 47.9 Å². The predicted molar refractivity (Wildman–Crippen MR) is 144 cm³/mol. The van der Waals surface area contributed by atoms with Gasteiger partial charge in [0, 0.05) is 48.9 Å². The SMILES string of the molecule is O=C(N1CCc2ncc(C(F)(F)F)cc2C1)[C@@]12CCC[C@@H]1C[C@H](N1CCC(c3nc(-c4ccccc4)no3)CC1)C2. The molecule has 1 saturated heterocycles. The third-order valence-corrected chi connectivity index (χ3v) is 10.1. The van der Waals surface area contributed by atoms with E-state index in [1.165, 1.54) is 6.07 Å². The highest BCUT2D eigenvalue weighted by molar-refractivity contribution is 5.84. The zero-order valence-corrected chi connectivity index (χ0v) is 22.9. The number of fused-ring (bicyclic) bond motifs is 2. The number of likely N-dealkylation sites (tertiary alicyclic amines) is 1. The van der Waals surface area contributed by atoms with Crippen molar-refractivity contribution >= 4 is 5.91 Å². The first-order valence-corrected chi connectivity index (χ1v) is 14.8. The lowest BCUT2D eigenvalue weighted by molar-refractivity contribution is -0.144. The van der Waals surface area contributed by atoms with E-state index in [0.717, 1.165) is 69.8 Å². The minimum Gasteiger partial charge on any atom is -0.339 e. The molecule has 0 bridgehead atoms. The Morgan fingerprint density at radius 2 is 1.88 bits per heavy atom. The molecule has 4 aliphatic rings. The van der Waals surface area contributed by atoms with E-state index in [2.05, 4.69) is 20.0 Å². The summed E-state index contributed by atoms with van der Waals surface area (Å²) in [5, 5.41) is 4.20. The molecule has 4 heterocycles. The first kappa shape index (κ1) is 26.6. The van der Waals surface area contributed by atoms with E-state index in [1.807, 2.05) is 35.2 Å². The third-order valence-electron chi connectivity index (χ3n) is 10.1. The maximum absolute atomic E-state index is 14.1. The van der Waals surface area contributed by atoms with Gasteiger partial charge in [0.05, 0.1) is 11.0 Å². The molecule has 2 aliphatic carbocycles. The number of rotatable bonds is 4. The molecule has 3 aromatic rings. The molecule has 0 unspecified atom stereocenters. The van der Waals surface area contributed by atoms with Crippen LogP contribution in [0.15, 0.2) is 47.1 Å². The maximum atomic E-state index is 14.1. The van der Waals surface area contributed by atoms with Gasteiger partial charge in [-0.05, 0) is 69.2 Å². The number of nitrogens with zero attached hydrogens (tertiary/aromatic N) is 5. The van der Waals surface area contributed by atoms with Crippen molar-refractivity contribution in [2.45, 2.75) is 76.0 Å². The average molecular weight is 566 g/mol. The zero-order chi connectivity index (χ0) is 28.2. The van der Waals surface area contributed by atoms with Gasteiger partial charge in [-0.3, -0.25) is 9.78 Å². The molecule has 2 saturated carbocycles. The van der Waals surface area contributed by atoms with Crippen LogP contribution < -0.4 is 0 Å². The van der Waals surface area contributed by atoms with Gasteiger partial charge in [0.25, 0.3) is 0 Å². The number of piperidine rings is 1. The van der Waals surface area contributed by atoms with Crippen molar-refractivity contribution in [2.24, 2.45) is 11.3 Å². The summed E-state index contributed by atoms with van der Waals surface area (Å²) in [6.45, 7) is 2.59. The van der Waals surface area contributed by atoms with Crippen molar-refractivity contribution in [1.82, 2.24) is 24.9 Å². The van der Waals surface area contributed by atoms with Gasteiger partial charge in [-0.2, -0.15) is 18.2 Å². The number of carbonyl (C=O) groups excluding carboxylic acids is 1. The first-order chi connectivity index (χ1) is 19.8. The molecular formula is C31H34F3N5O2. The zero-order valence-electron chi connectivity index (χ0n) is 22.9. The summed E-state index contributed by atoms with van der Waals surface area (Å²) in [6.07, 6.45) is 3.66. The normalized spacial score (nSPS) is 27.1. The Labute approximate surface area is 237 Å². The molecule has 10 heteroatoms. The summed E-state index contributed by atoms with van der Waals surface area (Å²) in [4.78, 5) is 27.2. The predicted octanol–water partition coefficient (Wildman–Crippen LogP) is 5.86. The van der Waals surface area contributed by atoms with Crippen LogP contribution in [-0.4, -0.2) is 56.5 Å². The fraction of sp³-hybridized carbons (Fsp3) is 0.548. The number of hydrogen-bond acceptors (Lipinski definition) is 6. The number of benzene rings is 1. The number of aromatic nitrogens is 3. The van der Waals surface area contributed by atoms with Crippen molar-refractivity contribution in [3.05, 3.63) is 65.3 Å². The second-order valence-electron chi connectivity index (χ2n) is 12.3. The van der Waals surface area contributed by atoms with Crippen molar-refractivity contribution in [3.8, 4) is 11.4 Å². The van der Waals surface area contributed by atoms with Gasteiger partial charge in [-0.15, -0.1) is 0 Å². The fourth-order valence-corrected chi connectivity index (χ4v) is 7.92. The fourth-order valence-electron chi connectivity index (χ4n) is 7.92. The van der Waals surface area contributed by atoms with Crippen LogP contribution in [0.25, 0.3) is 11.4 Å². The van der Waals surface area contributed by atoms with E-state index in [9.17, 15) is 18.0 Å². The summed E-state index contributed by atoms with van der Waals surface area (Å²) in [5.41, 5.74) is 1.00. The maximum Gasteiger partial charge on any atom is 0.417 e. The minimum atomic E-state index is -4.44. The Hall–Kier alpha value is -3.27. The summed E-state index contributed by atoms with van der Waals surface area (Å²) in [5.74, 6) is 2.03. The van der Waals surface area contributed by atoms with Crippen LogP contribution in [0.2, 0.25) is 0 Å². The largest absolute Gasteiger partial charge is 0.417 e. The van der Waals surface area contributed by atoms with Crippen LogP contribution in [0.5, 0.6) is 0 Å². The van der Waals surface area contributed by atoms with E-state index < -0.39 is 17.2 Å². The quantitative estimate of drug-likeness (QED) is 0.394. The Kier molecular flexibility index (Phi) is 6.64. The summed E-state index contributed by atoms with van der Waals surface area (Å²) in [6, 6.07) is 11.4. The Bertz CT molecular complexity index is 1420. The number of alkyl halides is 3. The number of carbonyl (C=O) groups is 1. The van der Waals surface area contributed by atoms with Gasteiger partial charge in [0.1, 0.15) is 0 Å². The summed E-state index contributed by atoms with van der Waals surface area (Å²) >= 11 is 0. The summed E-state index contributed by atoms with van der Waals surface area (Å²) < 4.78 is 45.6. The molecule has 216 valence electrons. The van der Waals surface area contributed by atoms with Crippen LogP contribution >= 0.6 is 0 Å². The van der Waals surface area contributed by atoms with E-state index >= 15 is 0 Å². The number of pyridine rings is 1. The highest BCUT2D eigenvalue weighted by Gasteiger charge is 2.57. The number of halogens is 3. The molecule has 0 radical (unpaired) electrons. The molecular weight excluding hydrogens is 531 g/mol. The van der Waals surface area contributed by atoms with Gasteiger partial charge in [0.2, 0.25) is 17.6 Å². The smallest absolute Gasteiger partial charge is 0.339 e. The van der Waals surface area contributed by atoms with E-state index in [-0.39, 0.29) is 18.4 Å². The highest BCUT2D eigenvalue weighted by Crippen LogP contribution is 2.57. The van der Waals surface area contributed by atoms with Crippen LogP contribution in [0.4, 0.5) is 13.2 Å². The average Bonchev–Trinajstić information content (AvgIpc) is 3.72. The van der Waals surface area contributed by atoms with Crippen LogP contribution in [0.3, 0.4) is 0 Å². The van der Waals surface area contributed by atoms with Gasteiger partial charge in [-0.1, -0.05) is 41.9 Å². The molecule has 41 heavy (non-hydrogen) atoms. The van der Waals surface area contributed by atoms with Crippen LogP contribution in [-0.2, 0) is 23.9 Å². The Morgan fingerprint density at radius 1 is 1.07 bits per heavy atom. The molecule has 0 spiro atoms. The van der Waals surface area contributed by atoms with Crippen molar-refractivity contribution in [1.29, 1.82) is 0 Å². The van der Waals surface area contributed by atoms with Crippen molar-refractivity contribution in [2.75, 3.05) is 19.6 Å². The lowest BCUT2D eigenvalue weighted by Crippen LogP contribution is -2.47. The topological polar surface area (TPSA) is 75.4 Å². The van der Waals surface area contributed by atoms with Crippen molar-refractivity contribution < 1.29 is 22.5 Å². The van der Waals surface area contributed by atoms with Gasteiger partial charge < -0.3 is 14.3 Å². The van der Waals surface area contributed by atoms with Crippen molar-refractivity contribution in [3.63, 3.8) is 0 Å². The second kappa shape index (κ2) is 10.2. The summed E-state index contributed by atoms with van der Waals surface area (Å²) in [7, 11) is 0. The standard InChI is InChI=1S/C31H34F3N5O2/c32-31(33,34)24-15-22-19-39(14-10-26(22)35-18-24)29(40)30-11-4-7-23(30)16-25(17-30)38-12-8-21(9-13-38)28-36-27(37-41-28)20-5-2-1-3-6-20/h1-3,5-6,15,18,21,23,25H,4,7-14,16-17,19H2/t23-,25+,30-/m1/s1. The second-order valence-corrected chi connectivity index (χ2v) is 12.3. The molecule has 3 fully saturated rings. The van der Waals surface area contributed by atoms with Gasteiger partial charge in [0.15, 0.2) is 0 Å². The van der Waals surface area contributed by atoms with Crippen LogP contribution in [0, 0.1) is 11.3 Å². The molecule has 1 amide bonds. The molecule has 2 aliphatic heterocycles. The Balaban J connectivity index is 1.01. The van der Waals surface area contributed by atoms with E-state index in [4.69, 9.17) is 4.52 Å².